The lowest BCUT2D eigenvalue weighted by atomic mass is 10.3. The van der Waals surface area contributed by atoms with Crippen molar-refractivity contribution in [1.29, 1.82) is 0 Å². The van der Waals surface area contributed by atoms with Gasteiger partial charge in [-0.1, -0.05) is 11.8 Å². The molecule has 0 saturated carbocycles. The third kappa shape index (κ3) is 4.42. The Morgan fingerprint density at radius 1 is 1.39 bits per heavy atom. The largest absolute Gasteiger partial charge is 0.464 e. The molecule has 0 fully saturated rings. The fourth-order valence-electron chi connectivity index (χ4n) is 2.03. The average Bonchev–Trinajstić information content (AvgIpc) is 3.36. The second-order valence-electron chi connectivity index (χ2n) is 5.33. The van der Waals surface area contributed by atoms with E-state index in [0.29, 0.717) is 4.68 Å². The monoisotopic (exact) mass is 430 g/mol. The molecule has 0 N–H and O–H groups in total. The minimum Gasteiger partial charge on any atom is -0.464 e. The summed E-state index contributed by atoms with van der Waals surface area (Å²) in [6.07, 6.45) is -1.87. The van der Waals surface area contributed by atoms with Crippen molar-refractivity contribution in [2.75, 3.05) is 7.11 Å². The third-order valence-corrected chi connectivity index (χ3v) is 5.28. The Morgan fingerprint density at radius 2 is 2.18 bits per heavy atom. The first kappa shape index (κ1) is 20.1. The summed E-state index contributed by atoms with van der Waals surface area (Å²) < 4.78 is 46.3. The van der Waals surface area contributed by atoms with Crippen molar-refractivity contribution in [2.45, 2.75) is 24.1 Å². The Labute approximate surface area is 165 Å². The molecule has 3 rings (SSSR count). The number of thiophene rings is 1. The number of aromatic nitrogens is 5. The van der Waals surface area contributed by atoms with Gasteiger partial charge in [0, 0.05) is 6.20 Å². The Bertz CT molecular complexity index is 1010. The van der Waals surface area contributed by atoms with Crippen LogP contribution in [-0.4, -0.2) is 43.9 Å². The first-order chi connectivity index (χ1) is 13.3. The lowest BCUT2D eigenvalue weighted by Gasteiger charge is -2.06. The van der Waals surface area contributed by atoms with Crippen molar-refractivity contribution in [1.82, 2.24) is 24.7 Å². The minimum absolute atomic E-state index is 0.0621. The van der Waals surface area contributed by atoms with Crippen LogP contribution < -0.4 is 0 Å². The van der Waals surface area contributed by atoms with Gasteiger partial charge in [-0.2, -0.15) is 28.0 Å². The maximum absolute atomic E-state index is 13.2. The number of methoxy groups -OCH3 is 1. The summed E-state index contributed by atoms with van der Waals surface area (Å²) in [5, 5.41) is 16.5. The number of esters is 1. The second-order valence-corrected chi connectivity index (χ2v) is 7.19. The highest BCUT2D eigenvalue weighted by Crippen LogP contribution is 2.31. The van der Waals surface area contributed by atoms with E-state index in [-0.39, 0.29) is 16.7 Å². The second kappa shape index (κ2) is 8.14. The summed E-state index contributed by atoms with van der Waals surface area (Å²) >= 11 is 2.30. The summed E-state index contributed by atoms with van der Waals surface area (Å²) in [5.41, 5.74) is 0.989. The lowest BCUT2D eigenvalue weighted by molar-refractivity contribution is -0.147. The van der Waals surface area contributed by atoms with Crippen LogP contribution in [0.4, 0.5) is 13.2 Å². The molecule has 28 heavy (non-hydrogen) atoms. The Morgan fingerprint density at radius 3 is 2.82 bits per heavy atom. The quantitative estimate of drug-likeness (QED) is 0.339. The van der Waals surface area contributed by atoms with E-state index in [1.807, 2.05) is 18.4 Å². The number of aryl methyl sites for hydroxylation is 1. The Hall–Kier alpha value is -2.67. The fraction of sp³-hybridized carbons (Fsp3) is 0.267. The topological polar surface area (TPSA) is 87.2 Å². The number of hydrogen-bond acceptors (Lipinski definition) is 8. The summed E-state index contributed by atoms with van der Waals surface area (Å²) in [5.74, 6) is -1.74. The van der Waals surface area contributed by atoms with E-state index in [4.69, 9.17) is 0 Å². The summed E-state index contributed by atoms with van der Waals surface area (Å²) in [4.78, 5) is 12.1. The zero-order chi connectivity index (χ0) is 20.3. The van der Waals surface area contributed by atoms with Crippen LogP contribution in [0, 0.1) is 6.92 Å². The van der Waals surface area contributed by atoms with E-state index < -0.39 is 18.0 Å². The molecule has 0 aliphatic rings. The van der Waals surface area contributed by atoms with Crippen molar-refractivity contribution in [3.05, 3.63) is 45.7 Å². The number of hydrogen-bond donors (Lipinski definition) is 0. The summed E-state index contributed by atoms with van der Waals surface area (Å²) in [7, 11) is 1.23. The first-order valence-corrected chi connectivity index (χ1v) is 9.51. The van der Waals surface area contributed by atoms with Crippen LogP contribution in [0.15, 0.2) is 34.0 Å². The number of carbonyl (C=O) groups is 1. The first-order valence-electron chi connectivity index (χ1n) is 7.65. The molecule has 3 aromatic heterocycles. The number of thioether (sulfide) groups is 1. The van der Waals surface area contributed by atoms with Crippen molar-refractivity contribution < 1.29 is 22.7 Å². The number of alkyl halides is 3. The molecule has 0 aromatic carbocycles. The maximum Gasteiger partial charge on any atom is 0.453 e. The van der Waals surface area contributed by atoms with Gasteiger partial charge in [0.15, 0.2) is 5.69 Å². The molecule has 0 radical (unpaired) electrons. The molecule has 3 aromatic rings. The molecule has 0 unspecified atom stereocenters. The number of carbonyl (C=O) groups excluding carboxylic acids is 1. The molecule has 148 valence electrons. The van der Waals surface area contributed by atoms with Gasteiger partial charge in [-0.15, -0.1) is 21.5 Å². The van der Waals surface area contributed by atoms with Crippen molar-refractivity contribution in [3.63, 3.8) is 0 Å². The molecule has 3 heterocycles. The predicted octanol–water partition coefficient (Wildman–Crippen LogP) is 3.28. The predicted molar refractivity (Wildman–Crippen MR) is 96.5 cm³/mol. The number of halogens is 3. The van der Waals surface area contributed by atoms with E-state index >= 15 is 0 Å². The van der Waals surface area contributed by atoms with Crippen LogP contribution >= 0.6 is 23.1 Å². The van der Waals surface area contributed by atoms with Crippen LogP contribution in [0.5, 0.6) is 0 Å². The van der Waals surface area contributed by atoms with E-state index in [2.05, 4.69) is 25.1 Å². The number of ether oxygens (including phenoxy) is 1. The smallest absolute Gasteiger partial charge is 0.453 e. The van der Waals surface area contributed by atoms with Crippen molar-refractivity contribution >= 4 is 35.3 Å². The molecule has 0 bridgehead atoms. The zero-order valence-electron chi connectivity index (χ0n) is 14.5. The third-order valence-electron chi connectivity index (χ3n) is 3.42. The molecular formula is C15H13F3N6O2S2. The Kier molecular flexibility index (Phi) is 5.84. The van der Waals surface area contributed by atoms with Gasteiger partial charge in [0.25, 0.3) is 5.82 Å². The molecule has 8 nitrogen and oxygen atoms in total. The van der Waals surface area contributed by atoms with E-state index in [9.17, 15) is 18.0 Å². The zero-order valence-corrected chi connectivity index (χ0v) is 16.2. The highest BCUT2D eigenvalue weighted by Gasteiger charge is 2.39. The standard InChI is InChI=1S/C15H13F3N6O2S2/c1-9-4-6-27-11(9)7-19-24-13(15(16,17)18)20-21-14(24)28-8-23-5-3-10(22-23)12(25)26-2/h3-7H,8H2,1-2H3/b19-7-. The highest BCUT2D eigenvalue weighted by atomic mass is 32.2. The average molecular weight is 430 g/mol. The van der Waals surface area contributed by atoms with Gasteiger partial charge in [0.2, 0.25) is 5.16 Å². The van der Waals surface area contributed by atoms with E-state index in [1.54, 1.807) is 0 Å². The molecular weight excluding hydrogens is 417 g/mol. The lowest BCUT2D eigenvalue weighted by Crippen LogP contribution is -2.13. The molecule has 0 atom stereocenters. The van der Waals surface area contributed by atoms with Crippen molar-refractivity contribution in [3.8, 4) is 0 Å². The van der Waals surface area contributed by atoms with Gasteiger partial charge in [-0.05, 0) is 30.0 Å². The van der Waals surface area contributed by atoms with E-state index in [0.717, 1.165) is 22.2 Å². The highest BCUT2D eigenvalue weighted by molar-refractivity contribution is 7.98. The summed E-state index contributed by atoms with van der Waals surface area (Å²) in [6.45, 7) is 1.83. The van der Waals surface area contributed by atoms with Crippen molar-refractivity contribution in [2.24, 2.45) is 5.10 Å². The SMILES string of the molecule is COC(=O)c1ccn(CSc2nnc(C(F)(F)F)n2/N=C\c2sccc2C)n1. The van der Waals surface area contributed by atoms with Gasteiger partial charge < -0.3 is 4.74 Å². The van der Waals surface area contributed by atoms with Crippen LogP contribution in [0.3, 0.4) is 0 Å². The number of nitrogens with zero attached hydrogens (tertiary/aromatic N) is 6. The van der Waals surface area contributed by atoms with Crippen LogP contribution in [0.2, 0.25) is 0 Å². The Balaban J connectivity index is 1.83. The normalized spacial score (nSPS) is 12.0. The molecule has 0 saturated heterocycles. The maximum atomic E-state index is 13.2. The summed E-state index contributed by atoms with van der Waals surface area (Å²) in [6, 6.07) is 3.28. The van der Waals surface area contributed by atoms with Gasteiger partial charge in [0.05, 0.1) is 24.1 Å². The molecule has 0 aliphatic carbocycles. The van der Waals surface area contributed by atoms with Gasteiger partial charge in [-0.25, -0.2) is 4.79 Å². The van der Waals surface area contributed by atoms with Gasteiger partial charge in [-0.3, -0.25) is 4.68 Å². The molecule has 0 aliphatic heterocycles. The van der Waals surface area contributed by atoms with Gasteiger partial charge in [0.1, 0.15) is 0 Å². The van der Waals surface area contributed by atoms with E-state index in [1.165, 1.54) is 41.6 Å². The van der Waals surface area contributed by atoms with Crippen LogP contribution in [0.1, 0.15) is 26.8 Å². The van der Waals surface area contributed by atoms with Crippen LogP contribution in [0.25, 0.3) is 0 Å². The fourth-order valence-corrected chi connectivity index (χ4v) is 3.56. The minimum atomic E-state index is -4.71. The van der Waals surface area contributed by atoms with Crippen LogP contribution in [-0.2, 0) is 16.8 Å². The molecule has 13 heteroatoms. The number of rotatable bonds is 6. The molecule has 0 amide bonds. The van der Waals surface area contributed by atoms with Gasteiger partial charge >= 0.3 is 12.1 Å². The molecule has 0 spiro atoms.